The molecule has 0 spiro atoms. The van der Waals surface area contributed by atoms with Gasteiger partial charge in [-0.3, -0.25) is 10.1 Å². The third-order valence-corrected chi connectivity index (χ3v) is 8.59. The first-order valence-corrected chi connectivity index (χ1v) is 15.3. The number of hydrogen-bond acceptors (Lipinski definition) is 6. The summed E-state index contributed by atoms with van der Waals surface area (Å²) in [7, 11) is 1.92. The van der Waals surface area contributed by atoms with Crippen LogP contribution in [0.5, 0.6) is 5.88 Å². The number of pyridine rings is 1. The highest BCUT2D eigenvalue weighted by Crippen LogP contribution is 2.42. The van der Waals surface area contributed by atoms with Crippen molar-refractivity contribution in [3.8, 4) is 5.88 Å². The Balaban J connectivity index is 1.44. The SMILES string of the molecule is Cn1ncc2ccc(C(=N)c3c(NC(c4ccccc4)(c4ccccc4)c4ccccc4)ccnc3OC3CCOCC3)cc21. The Bertz CT molecular complexity index is 1820. The van der Waals surface area contributed by atoms with Gasteiger partial charge in [0.15, 0.2) is 0 Å². The van der Waals surface area contributed by atoms with E-state index in [1.165, 1.54) is 0 Å². The maximum Gasteiger partial charge on any atom is 0.225 e. The van der Waals surface area contributed by atoms with Crippen LogP contribution in [0.25, 0.3) is 10.9 Å². The van der Waals surface area contributed by atoms with Crippen molar-refractivity contribution in [2.75, 3.05) is 18.5 Å². The monoisotopic (exact) mass is 593 g/mol. The van der Waals surface area contributed by atoms with Crippen molar-refractivity contribution in [3.05, 3.63) is 155 Å². The second-order valence-electron chi connectivity index (χ2n) is 11.4. The number of rotatable bonds is 9. The summed E-state index contributed by atoms with van der Waals surface area (Å²) in [6, 6.07) is 39.3. The molecule has 0 radical (unpaired) electrons. The first-order valence-electron chi connectivity index (χ1n) is 15.3. The number of hydrogen-bond donors (Lipinski definition) is 2. The maximum absolute atomic E-state index is 9.68. The molecular formula is C38H35N5O2. The molecule has 3 heterocycles. The van der Waals surface area contributed by atoms with E-state index in [4.69, 9.17) is 14.5 Å². The van der Waals surface area contributed by atoms with Crippen molar-refractivity contribution < 1.29 is 9.47 Å². The number of aromatic nitrogens is 3. The van der Waals surface area contributed by atoms with Crippen LogP contribution >= 0.6 is 0 Å². The summed E-state index contributed by atoms with van der Waals surface area (Å²) in [4.78, 5) is 4.74. The highest BCUT2D eigenvalue weighted by molar-refractivity contribution is 6.16. The van der Waals surface area contributed by atoms with Gasteiger partial charge < -0.3 is 14.8 Å². The predicted octanol–water partition coefficient (Wildman–Crippen LogP) is 7.35. The van der Waals surface area contributed by atoms with Crippen molar-refractivity contribution in [3.63, 3.8) is 0 Å². The maximum atomic E-state index is 9.68. The molecule has 0 atom stereocenters. The summed E-state index contributed by atoms with van der Waals surface area (Å²) in [5, 5.41) is 19.1. The smallest absolute Gasteiger partial charge is 0.225 e. The van der Waals surface area contributed by atoms with Gasteiger partial charge in [-0.25, -0.2) is 4.98 Å². The van der Waals surface area contributed by atoms with Crippen molar-refractivity contribution in [2.45, 2.75) is 24.5 Å². The second kappa shape index (κ2) is 12.4. The Labute approximate surface area is 263 Å². The molecule has 1 fully saturated rings. The van der Waals surface area contributed by atoms with Crippen LogP contribution in [-0.2, 0) is 17.3 Å². The third kappa shape index (κ3) is 5.47. The van der Waals surface area contributed by atoms with E-state index in [-0.39, 0.29) is 6.10 Å². The van der Waals surface area contributed by atoms with E-state index in [9.17, 15) is 5.41 Å². The molecule has 1 saturated heterocycles. The number of nitrogens with one attached hydrogen (secondary N) is 2. The van der Waals surface area contributed by atoms with E-state index in [1.807, 2.05) is 60.4 Å². The molecule has 224 valence electrons. The van der Waals surface area contributed by atoms with Crippen molar-refractivity contribution >= 4 is 22.3 Å². The molecule has 0 bridgehead atoms. The molecule has 6 aromatic rings. The number of nitrogens with zero attached hydrogens (tertiary/aromatic N) is 3. The predicted molar refractivity (Wildman–Crippen MR) is 178 cm³/mol. The summed E-state index contributed by atoms with van der Waals surface area (Å²) < 4.78 is 14.0. The van der Waals surface area contributed by atoms with E-state index in [2.05, 4.69) is 83.2 Å². The van der Waals surface area contributed by atoms with E-state index in [0.29, 0.717) is 30.4 Å². The van der Waals surface area contributed by atoms with Crippen LogP contribution in [0.2, 0.25) is 0 Å². The fourth-order valence-electron chi connectivity index (χ4n) is 6.26. The molecule has 0 amide bonds. The first-order chi connectivity index (χ1) is 22.1. The molecule has 2 N–H and O–H groups in total. The van der Waals surface area contributed by atoms with Gasteiger partial charge in [0.1, 0.15) is 11.6 Å². The molecule has 45 heavy (non-hydrogen) atoms. The highest BCUT2D eigenvalue weighted by Gasteiger charge is 2.38. The first kappa shape index (κ1) is 28.5. The van der Waals surface area contributed by atoms with Gasteiger partial charge in [0.05, 0.1) is 41.9 Å². The molecule has 0 aliphatic carbocycles. The van der Waals surface area contributed by atoms with E-state index >= 15 is 0 Å². The van der Waals surface area contributed by atoms with Crippen LogP contribution in [-0.4, -0.2) is 39.8 Å². The zero-order valence-corrected chi connectivity index (χ0v) is 25.2. The number of fused-ring (bicyclic) bond motifs is 1. The van der Waals surface area contributed by atoms with Gasteiger partial charge in [0.2, 0.25) is 5.88 Å². The lowest BCUT2D eigenvalue weighted by Crippen LogP contribution is -2.38. The molecular weight excluding hydrogens is 558 g/mol. The van der Waals surface area contributed by atoms with Gasteiger partial charge in [-0.1, -0.05) is 103 Å². The number of aryl methyl sites for hydroxylation is 1. The molecule has 2 aromatic heterocycles. The molecule has 7 rings (SSSR count). The zero-order valence-electron chi connectivity index (χ0n) is 25.2. The summed E-state index contributed by atoms with van der Waals surface area (Å²) >= 11 is 0. The topological polar surface area (TPSA) is 85.1 Å². The zero-order chi connectivity index (χ0) is 30.6. The highest BCUT2D eigenvalue weighted by atomic mass is 16.5. The molecule has 4 aromatic carbocycles. The van der Waals surface area contributed by atoms with Crippen LogP contribution in [0, 0.1) is 5.41 Å². The Hall–Kier alpha value is -5.27. The minimum atomic E-state index is -0.790. The summed E-state index contributed by atoms with van der Waals surface area (Å²) in [5.41, 5.74) is 5.80. The van der Waals surface area contributed by atoms with Gasteiger partial charge in [0.25, 0.3) is 0 Å². The Kier molecular flexibility index (Phi) is 7.84. The van der Waals surface area contributed by atoms with Gasteiger partial charge >= 0.3 is 0 Å². The Morgan fingerprint density at radius 1 is 0.844 bits per heavy atom. The third-order valence-electron chi connectivity index (χ3n) is 8.59. The molecule has 0 saturated carbocycles. The molecule has 7 nitrogen and oxygen atoms in total. The minimum Gasteiger partial charge on any atom is -0.474 e. The number of benzene rings is 4. The van der Waals surface area contributed by atoms with Gasteiger partial charge in [-0.05, 0) is 28.8 Å². The Morgan fingerprint density at radius 3 is 2.04 bits per heavy atom. The van der Waals surface area contributed by atoms with Crippen LogP contribution in [0.15, 0.2) is 128 Å². The lowest BCUT2D eigenvalue weighted by atomic mass is 9.76. The number of anilines is 1. The van der Waals surface area contributed by atoms with Crippen LogP contribution < -0.4 is 10.1 Å². The fraction of sp³-hybridized carbons (Fsp3) is 0.184. The number of ether oxygens (including phenoxy) is 2. The molecule has 0 unspecified atom stereocenters. The summed E-state index contributed by atoms with van der Waals surface area (Å²) in [6.45, 7) is 1.29. The second-order valence-corrected chi connectivity index (χ2v) is 11.4. The molecule has 1 aliphatic rings. The van der Waals surface area contributed by atoms with E-state index < -0.39 is 5.54 Å². The van der Waals surface area contributed by atoms with Gasteiger partial charge in [-0.2, -0.15) is 5.10 Å². The average Bonchev–Trinajstić information content (AvgIpc) is 3.48. The van der Waals surface area contributed by atoms with Crippen molar-refractivity contribution in [1.82, 2.24) is 14.8 Å². The minimum absolute atomic E-state index is 0.0465. The van der Waals surface area contributed by atoms with E-state index in [1.54, 1.807) is 6.20 Å². The normalized spacial score (nSPS) is 13.9. The quantitative estimate of drug-likeness (QED) is 0.135. The Morgan fingerprint density at radius 2 is 1.44 bits per heavy atom. The largest absolute Gasteiger partial charge is 0.474 e. The molecule has 1 aliphatic heterocycles. The average molecular weight is 594 g/mol. The summed E-state index contributed by atoms with van der Waals surface area (Å²) in [6.07, 6.45) is 5.11. The van der Waals surface area contributed by atoms with Crippen LogP contribution in [0.3, 0.4) is 0 Å². The fourth-order valence-corrected chi connectivity index (χ4v) is 6.26. The van der Waals surface area contributed by atoms with Gasteiger partial charge in [-0.15, -0.1) is 0 Å². The van der Waals surface area contributed by atoms with Gasteiger partial charge in [0, 0.05) is 37.0 Å². The standard InChI is InChI=1S/C38H35N5O2/c1-43-34-25-27(17-18-28(34)26-41-43)36(39)35-33(19-22-40-37(35)45-32-20-23-44-24-21-32)42-38(29-11-5-2-6-12-29,30-13-7-3-8-14-30)31-15-9-4-10-16-31/h2-19,22,25-26,32,39H,20-21,23-24H2,1H3,(H,40,42). The van der Waals surface area contributed by atoms with Crippen LogP contribution in [0.4, 0.5) is 5.69 Å². The van der Waals surface area contributed by atoms with Crippen LogP contribution in [0.1, 0.15) is 40.7 Å². The summed E-state index contributed by atoms with van der Waals surface area (Å²) in [5.74, 6) is 0.435. The lowest BCUT2D eigenvalue weighted by molar-refractivity contribution is 0.0237. The van der Waals surface area contributed by atoms with Crippen molar-refractivity contribution in [1.29, 1.82) is 5.41 Å². The lowest BCUT2D eigenvalue weighted by Gasteiger charge is -2.38. The van der Waals surface area contributed by atoms with E-state index in [0.717, 1.165) is 51.7 Å². The van der Waals surface area contributed by atoms with Crippen molar-refractivity contribution in [2.24, 2.45) is 7.05 Å². The molecule has 7 heteroatoms.